The Balaban J connectivity index is 0.00000484. The van der Waals surface area contributed by atoms with E-state index >= 15 is 0 Å². The minimum Gasteiger partial charge on any atom is -0.355 e. The summed E-state index contributed by atoms with van der Waals surface area (Å²) >= 11 is 0. The molecule has 3 N–H and O–H groups in total. The van der Waals surface area contributed by atoms with Gasteiger partial charge in [-0.3, -0.25) is 9.79 Å². The van der Waals surface area contributed by atoms with Crippen molar-refractivity contribution in [3.63, 3.8) is 0 Å². The Labute approximate surface area is 154 Å². The van der Waals surface area contributed by atoms with Crippen LogP contribution in [0.25, 0.3) is 0 Å². The summed E-state index contributed by atoms with van der Waals surface area (Å²) in [5.74, 6) is 0.0412. The number of hydrogen-bond donors (Lipinski definition) is 3. The molecule has 1 amide bonds. The molecule has 1 atom stereocenters. The Morgan fingerprint density at radius 3 is 2.52 bits per heavy atom. The summed E-state index contributed by atoms with van der Waals surface area (Å²) in [5.41, 5.74) is 0.850. The number of carbonyl (C=O) groups is 1. The van der Waals surface area contributed by atoms with Gasteiger partial charge in [0.15, 0.2) is 5.96 Å². The molecule has 23 heavy (non-hydrogen) atoms. The topological polar surface area (TPSA) is 65.5 Å². The van der Waals surface area contributed by atoms with Crippen molar-refractivity contribution in [2.45, 2.75) is 33.2 Å². The van der Waals surface area contributed by atoms with Crippen LogP contribution in [0, 0.1) is 12.7 Å². The zero-order valence-electron chi connectivity index (χ0n) is 14.1. The first-order valence-electron chi connectivity index (χ1n) is 7.49. The monoisotopic (exact) mass is 436 g/mol. The lowest BCUT2D eigenvalue weighted by molar-refractivity contribution is 0.0954. The summed E-state index contributed by atoms with van der Waals surface area (Å²) in [5, 5.41) is 9.08. The molecule has 0 saturated heterocycles. The zero-order valence-corrected chi connectivity index (χ0v) is 16.4. The lowest BCUT2D eigenvalue weighted by Crippen LogP contribution is -2.44. The SMILES string of the molecule is CCC(C)NC(=NC)NCCNC(=O)c1ccc(C)c(F)c1.I. The lowest BCUT2D eigenvalue weighted by Gasteiger charge is -2.16. The molecule has 1 aromatic rings. The Hall–Kier alpha value is -1.38. The summed E-state index contributed by atoms with van der Waals surface area (Å²) in [7, 11) is 1.70. The van der Waals surface area contributed by atoms with Crippen LogP contribution in [0.3, 0.4) is 0 Å². The molecule has 0 saturated carbocycles. The Bertz CT molecular complexity index is 537. The summed E-state index contributed by atoms with van der Waals surface area (Å²) in [4.78, 5) is 16.0. The van der Waals surface area contributed by atoms with Gasteiger partial charge >= 0.3 is 0 Å². The second kappa shape index (κ2) is 11.2. The van der Waals surface area contributed by atoms with Gasteiger partial charge in [0.25, 0.3) is 5.91 Å². The quantitative estimate of drug-likeness (QED) is 0.278. The van der Waals surface area contributed by atoms with E-state index in [1.54, 1.807) is 26.1 Å². The van der Waals surface area contributed by atoms with Gasteiger partial charge in [0.2, 0.25) is 0 Å². The van der Waals surface area contributed by atoms with Gasteiger partial charge in [0.1, 0.15) is 5.82 Å². The summed E-state index contributed by atoms with van der Waals surface area (Å²) in [6.45, 7) is 6.79. The van der Waals surface area contributed by atoms with Crippen molar-refractivity contribution in [3.05, 3.63) is 35.1 Å². The minimum absolute atomic E-state index is 0. The maximum absolute atomic E-state index is 13.4. The number of halogens is 2. The highest BCUT2D eigenvalue weighted by molar-refractivity contribution is 14.0. The molecule has 1 unspecified atom stereocenters. The number of amides is 1. The van der Waals surface area contributed by atoms with Crippen LogP contribution >= 0.6 is 24.0 Å². The number of nitrogens with zero attached hydrogens (tertiary/aromatic N) is 1. The van der Waals surface area contributed by atoms with Gasteiger partial charge in [-0.05, 0) is 38.0 Å². The van der Waals surface area contributed by atoms with Crippen LogP contribution in [0.4, 0.5) is 4.39 Å². The first kappa shape index (κ1) is 21.6. The van der Waals surface area contributed by atoms with E-state index in [0.29, 0.717) is 36.2 Å². The molecule has 7 heteroatoms. The van der Waals surface area contributed by atoms with E-state index in [1.807, 2.05) is 0 Å². The number of aliphatic imine (C=N–C) groups is 1. The normalized spacial score (nSPS) is 12.1. The highest BCUT2D eigenvalue weighted by Crippen LogP contribution is 2.08. The van der Waals surface area contributed by atoms with E-state index < -0.39 is 0 Å². The van der Waals surface area contributed by atoms with E-state index in [2.05, 4.69) is 34.8 Å². The van der Waals surface area contributed by atoms with E-state index in [0.717, 1.165) is 6.42 Å². The van der Waals surface area contributed by atoms with Gasteiger partial charge in [-0.2, -0.15) is 0 Å². The van der Waals surface area contributed by atoms with E-state index in [9.17, 15) is 9.18 Å². The molecule has 1 rings (SSSR count). The van der Waals surface area contributed by atoms with Crippen molar-refractivity contribution in [1.82, 2.24) is 16.0 Å². The van der Waals surface area contributed by atoms with Gasteiger partial charge in [0.05, 0.1) is 0 Å². The minimum atomic E-state index is -0.371. The highest BCUT2D eigenvalue weighted by atomic mass is 127. The van der Waals surface area contributed by atoms with Crippen LogP contribution in [0.15, 0.2) is 23.2 Å². The van der Waals surface area contributed by atoms with E-state index in [-0.39, 0.29) is 35.7 Å². The number of nitrogens with one attached hydrogen (secondary N) is 3. The fourth-order valence-corrected chi connectivity index (χ4v) is 1.72. The molecule has 0 aromatic heterocycles. The average molecular weight is 436 g/mol. The molecule has 0 aliphatic heterocycles. The van der Waals surface area contributed by atoms with Crippen molar-refractivity contribution in [2.24, 2.45) is 4.99 Å². The number of rotatable bonds is 6. The predicted octanol–water partition coefficient (Wildman–Crippen LogP) is 2.45. The molecule has 0 heterocycles. The predicted molar refractivity (Wildman–Crippen MR) is 103 cm³/mol. The van der Waals surface area contributed by atoms with Crippen LogP contribution in [0.2, 0.25) is 0 Å². The van der Waals surface area contributed by atoms with Crippen molar-refractivity contribution < 1.29 is 9.18 Å². The van der Waals surface area contributed by atoms with Crippen molar-refractivity contribution in [2.75, 3.05) is 20.1 Å². The molecular weight excluding hydrogens is 410 g/mol. The molecule has 130 valence electrons. The van der Waals surface area contributed by atoms with Gasteiger partial charge in [-0.15, -0.1) is 24.0 Å². The first-order valence-corrected chi connectivity index (χ1v) is 7.49. The lowest BCUT2D eigenvalue weighted by atomic mass is 10.1. The number of carbonyl (C=O) groups excluding carboxylic acids is 1. The summed E-state index contributed by atoms with van der Waals surface area (Å²) in [6.07, 6.45) is 0.996. The van der Waals surface area contributed by atoms with Crippen molar-refractivity contribution >= 4 is 35.8 Å². The average Bonchev–Trinajstić information content (AvgIpc) is 2.52. The maximum atomic E-state index is 13.4. The third-order valence-electron chi connectivity index (χ3n) is 3.36. The van der Waals surface area contributed by atoms with Gasteiger partial charge in [-0.25, -0.2) is 4.39 Å². The number of hydrogen-bond acceptors (Lipinski definition) is 2. The molecule has 0 radical (unpaired) electrons. The molecule has 1 aromatic carbocycles. The fraction of sp³-hybridized carbons (Fsp3) is 0.500. The smallest absolute Gasteiger partial charge is 0.251 e. The van der Waals surface area contributed by atoms with E-state index in [1.165, 1.54) is 6.07 Å². The Kier molecular flexibility index (Phi) is 10.5. The van der Waals surface area contributed by atoms with Crippen LogP contribution in [-0.2, 0) is 0 Å². The van der Waals surface area contributed by atoms with Crippen LogP contribution in [-0.4, -0.2) is 38.0 Å². The second-order valence-electron chi connectivity index (χ2n) is 5.17. The maximum Gasteiger partial charge on any atom is 0.251 e. The Morgan fingerprint density at radius 1 is 1.30 bits per heavy atom. The molecule has 0 aliphatic carbocycles. The third-order valence-corrected chi connectivity index (χ3v) is 3.36. The molecule has 0 fully saturated rings. The summed E-state index contributed by atoms with van der Waals surface area (Å²) in [6, 6.07) is 4.79. The van der Waals surface area contributed by atoms with Gasteiger partial charge < -0.3 is 16.0 Å². The number of guanidine groups is 1. The van der Waals surface area contributed by atoms with Crippen LogP contribution in [0.1, 0.15) is 36.2 Å². The second-order valence-corrected chi connectivity index (χ2v) is 5.17. The Morgan fingerprint density at radius 2 is 1.96 bits per heavy atom. The van der Waals surface area contributed by atoms with Crippen LogP contribution < -0.4 is 16.0 Å². The summed E-state index contributed by atoms with van der Waals surface area (Å²) < 4.78 is 13.4. The molecule has 5 nitrogen and oxygen atoms in total. The zero-order chi connectivity index (χ0) is 16.5. The highest BCUT2D eigenvalue weighted by Gasteiger charge is 2.07. The molecule has 0 aliphatic rings. The number of benzene rings is 1. The molecule has 0 spiro atoms. The van der Waals surface area contributed by atoms with E-state index in [4.69, 9.17) is 0 Å². The number of aryl methyl sites for hydroxylation is 1. The van der Waals surface area contributed by atoms with Crippen LogP contribution in [0.5, 0.6) is 0 Å². The standard InChI is InChI=1S/C16H25FN4O.HI/c1-5-12(3)21-16(18-4)20-9-8-19-15(22)13-7-6-11(2)14(17)10-13;/h6-7,10,12H,5,8-9H2,1-4H3,(H,19,22)(H2,18,20,21);1H. The van der Waals surface area contributed by atoms with Gasteiger partial charge in [-0.1, -0.05) is 13.0 Å². The van der Waals surface area contributed by atoms with Gasteiger partial charge in [0, 0.05) is 31.7 Å². The largest absolute Gasteiger partial charge is 0.355 e. The first-order chi connectivity index (χ1) is 10.5. The third kappa shape index (κ3) is 7.62. The van der Waals surface area contributed by atoms with Crippen molar-refractivity contribution in [3.8, 4) is 0 Å². The molecular formula is C16H26FIN4O. The fourth-order valence-electron chi connectivity index (χ4n) is 1.72. The molecule has 0 bridgehead atoms. The van der Waals surface area contributed by atoms with Crippen molar-refractivity contribution in [1.29, 1.82) is 0 Å².